The van der Waals surface area contributed by atoms with Crippen molar-refractivity contribution in [2.24, 2.45) is 0 Å². The second kappa shape index (κ2) is 3.19. The van der Waals surface area contributed by atoms with Crippen molar-refractivity contribution in [3.63, 3.8) is 0 Å². The van der Waals surface area contributed by atoms with Gasteiger partial charge in [0.2, 0.25) is 0 Å². The number of rotatable bonds is 0. The van der Waals surface area contributed by atoms with Crippen LogP contribution in [0.2, 0.25) is 0 Å². The highest BCUT2D eigenvalue weighted by Crippen LogP contribution is 2.30. The number of fused-ring (bicyclic) bond motifs is 1. The van der Waals surface area contributed by atoms with Crippen molar-refractivity contribution in [1.29, 1.82) is 0 Å². The predicted octanol–water partition coefficient (Wildman–Crippen LogP) is 2.65. The van der Waals surface area contributed by atoms with Gasteiger partial charge in [0.25, 0.3) is 0 Å². The summed E-state index contributed by atoms with van der Waals surface area (Å²) in [5.74, 6) is 0.812. The number of nitrogens with zero attached hydrogens (tertiary/aromatic N) is 1. The highest BCUT2D eigenvalue weighted by Gasteiger charge is 2.23. The van der Waals surface area contributed by atoms with Gasteiger partial charge in [-0.1, -0.05) is 0 Å². The smallest absolute Gasteiger partial charge is 0.164 e. The van der Waals surface area contributed by atoms with E-state index in [1.54, 1.807) is 0 Å². The molecule has 1 aliphatic rings. The van der Waals surface area contributed by atoms with E-state index in [2.05, 4.69) is 20.8 Å². The van der Waals surface area contributed by atoms with Crippen molar-refractivity contribution in [2.45, 2.75) is 26.3 Å². The zero-order valence-corrected chi connectivity index (χ0v) is 9.32. The molecular formula is C12H16N2O. The molecule has 1 aliphatic heterocycles. The molecule has 0 aromatic heterocycles. The average Bonchev–Trinajstić information content (AvgIpc) is 2.15. The second-order valence-electron chi connectivity index (χ2n) is 4.70. The van der Waals surface area contributed by atoms with Crippen LogP contribution in [0, 0.1) is 0 Å². The molecule has 0 atom stereocenters. The molecule has 0 saturated carbocycles. The third kappa shape index (κ3) is 1.91. The van der Waals surface area contributed by atoms with Gasteiger partial charge in [0.15, 0.2) is 5.75 Å². The van der Waals surface area contributed by atoms with E-state index in [0.717, 1.165) is 17.0 Å². The molecule has 0 saturated heterocycles. The quantitative estimate of drug-likeness (QED) is 0.660. The van der Waals surface area contributed by atoms with Crippen molar-refractivity contribution < 1.29 is 4.84 Å². The summed E-state index contributed by atoms with van der Waals surface area (Å²) in [6.07, 6.45) is 3.97. The minimum absolute atomic E-state index is 0.0568. The number of hydroxylamine groups is 2. The van der Waals surface area contributed by atoms with E-state index in [4.69, 9.17) is 10.6 Å². The fraction of sp³-hybridized carbons (Fsp3) is 0.333. The van der Waals surface area contributed by atoms with Gasteiger partial charge in [-0.3, -0.25) is 0 Å². The molecule has 3 nitrogen and oxygen atoms in total. The molecule has 1 aromatic rings. The summed E-state index contributed by atoms with van der Waals surface area (Å²) in [7, 11) is 0. The van der Waals surface area contributed by atoms with Crippen molar-refractivity contribution in [2.75, 3.05) is 5.73 Å². The molecule has 1 aromatic carbocycles. The fourth-order valence-corrected chi connectivity index (χ4v) is 1.41. The molecule has 80 valence electrons. The van der Waals surface area contributed by atoms with Gasteiger partial charge in [-0.2, -0.15) is 0 Å². The molecule has 0 aliphatic carbocycles. The lowest BCUT2D eigenvalue weighted by Crippen LogP contribution is -2.40. The first-order valence-corrected chi connectivity index (χ1v) is 5.02. The monoisotopic (exact) mass is 204 g/mol. The van der Waals surface area contributed by atoms with Crippen LogP contribution < -0.4 is 10.6 Å². The third-order valence-electron chi connectivity index (χ3n) is 2.28. The predicted molar refractivity (Wildman–Crippen MR) is 62.1 cm³/mol. The molecule has 15 heavy (non-hydrogen) atoms. The second-order valence-corrected chi connectivity index (χ2v) is 4.70. The van der Waals surface area contributed by atoms with Crippen molar-refractivity contribution in [1.82, 2.24) is 5.06 Å². The van der Waals surface area contributed by atoms with Crippen molar-refractivity contribution in [3.05, 3.63) is 30.0 Å². The van der Waals surface area contributed by atoms with E-state index in [-0.39, 0.29) is 5.54 Å². The lowest BCUT2D eigenvalue weighted by Gasteiger charge is -2.35. The Kier molecular flexibility index (Phi) is 2.11. The van der Waals surface area contributed by atoms with E-state index in [1.165, 1.54) is 0 Å². The SMILES string of the molecule is CC(C)(C)N1C=Cc2ccc(N)cc2O1. The summed E-state index contributed by atoms with van der Waals surface area (Å²) in [4.78, 5) is 5.74. The normalized spacial score (nSPS) is 14.7. The molecule has 0 radical (unpaired) electrons. The Morgan fingerprint density at radius 1 is 1.27 bits per heavy atom. The van der Waals surface area contributed by atoms with Crippen LogP contribution in [0.3, 0.4) is 0 Å². The number of hydrogen-bond donors (Lipinski definition) is 1. The molecule has 0 fully saturated rings. The summed E-state index contributed by atoms with van der Waals surface area (Å²) in [5, 5.41) is 1.83. The van der Waals surface area contributed by atoms with Crippen LogP contribution in [-0.2, 0) is 0 Å². The largest absolute Gasteiger partial charge is 0.399 e. The Labute approximate surface area is 90.1 Å². The number of hydrogen-bond acceptors (Lipinski definition) is 3. The summed E-state index contributed by atoms with van der Waals surface area (Å²) < 4.78 is 0. The Morgan fingerprint density at radius 3 is 2.67 bits per heavy atom. The van der Waals surface area contributed by atoms with Crippen LogP contribution in [0.25, 0.3) is 6.08 Å². The van der Waals surface area contributed by atoms with Crippen molar-refractivity contribution in [3.8, 4) is 5.75 Å². The fourth-order valence-electron chi connectivity index (χ4n) is 1.41. The molecule has 1 heterocycles. The summed E-state index contributed by atoms with van der Waals surface area (Å²) in [6.45, 7) is 6.28. The highest BCUT2D eigenvalue weighted by atomic mass is 16.7. The van der Waals surface area contributed by atoms with Gasteiger partial charge in [0.1, 0.15) is 0 Å². The Morgan fingerprint density at radius 2 is 2.00 bits per heavy atom. The van der Waals surface area contributed by atoms with Crippen LogP contribution in [0.1, 0.15) is 26.3 Å². The van der Waals surface area contributed by atoms with Crippen LogP contribution >= 0.6 is 0 Å². The maximum atomic E-state index is 5.74. The van der Waals surface area contributed by atoms with Gasteiger partial charge in [-0.05, 0) is 39.0 Å². The van der Waals surface area contributed by atoms with Gasteiger partial charge in [0, 0.05) is 23.5 Å². The maximum Gasteiger partial charge on any atom is 0.164 e. The summed E-state index contributed by atoms with van der Waals surface area (Å²) in [6, 6.07) is 5.68. The molecular weight excluding hydrogens is 188 g/mol. The first kappa shape index (κ1) is 9.90. The summed E-state index contributed by atoms with van der Waals surface area (Å²) in [5.41, 5.74) is 7.44. The average molecular weight is 204 g/mol. The molecule has 2 rings (SSSR count). The standard InChI is InChI=1S/C12H16N2O/c1-12(2,3)14-7-6-9-4-5-10(13)8-11(9)15-14/h4-8H,13H2,1-3H3. The Bertz CT molecular complexity index is 405. The van der Waals surface area contributed by atoms with Gasteiger partial charge in [-0.25, -0.2) is 5.06 Å². The van der Waals surface area contributed by atoms with Gasteiger partial charge >= 0.3 is 0 Å². The first-order valence-electron chi connectivity index (χ1n) is 5.02. The van der Waals surface area contributed by atoms with Crippen molar-refractivity contribution >= 4 is 11.8 Å². The van der Waals surface area contributed by atoms with Gasteiger partial charge < -0.3 is 10.6 Å². The molecule has 0 bridgehead atoms. The zero-order valence-electron chi connectivity index (χ0n) is 9.32. The van der Waals surface area contributed by atoms with E-state index in [0.29, 0.717) is 0 Å². The Hall–Kier alpha value is -1.64. The molecule has 2 N–H and O–H groups in total. The number of anilines is 1. The molecule has 0 unspecified atom stereocenters. The van der Waals surface area contributed by atoms with E-state index in [9.17, 15) is 0 Å². The number of nitrogens with two attached hydrogens (primary N) is 1. The molecule has 3 heteroatoms. The Balaban J connectivity index is 2.33. The van der Waals surface area contributed by atoms with E-state index in [1.807, 2.05) is 35.5 Å². The molecule has 0 amide bonds. The molecule has 0 spiro atoms. The highest BCUT2D eigenvalue weighted by molar-refractivity contribution is 5.62. The maximum absolute atomic E-state index is 5.74. The minimum Gasteiger partial charge on any atom is -0.399 e. The van der Waals surface area contributed by atoms with E-state index < -0.39 is 0 Å². The number of nitrogen functional groups attached to an aromatic ring is 1. The zero-order chi connectivity index (χ0) is 11.1. The lowest BCUT2D eigenvalue weighted by atomic mass is 10.1. The lowest BCUT2D eigenvalue weighted by molar-refractivity contribution is -0.0810. The van der Waals surface area contributed by atoms with Crippen LogP contribution in [0.4, 0.5) is 5.69 Å². The van der Waals surface area contributed by atoms with Crippen LogP contribution in [0.15, 0.2) is 24.4 Å². The topological polar surface area (TPSA) is 38.5 Å². The van der Waals surface area contributed by atoms with Crippen LogP contribution in [-0.4, -0.2) is 10.6 Å². The van der Waals surface area contributed by atoms with E-state index >= 15 is 0 Å². The van der Waals surface area contributed by atoms with Gasteiger partial charge in [0.05, 0.1) is 5.54 Å². The summed E-state index contributed by atoms with van der Waals surface area (Å²) >= 11 is 0. The minimum atomic E-state index is -0.0568. The third-order valence-corrected chi connectivity index (χ3v) is 2.28. The number of benzene rings is 1. The van der Waals surface area contributed by atoms with Crippen LogP contribution in [0.5, 0.6) is 5.75 Å². The van der Waals surface area contributed by atoms with Gasteiger partial charge in [-0.15, -0.1) is 0 Å². The first-order chi connectivity index (χ1) is 6.97.